The van der Waals surface area contributed by atoms with Gasteiger partial charge in [-0.05, 0) is 17.7 Å². The second-order valence-corrected chi connectivity index (χ2v) is 5.69. The monoisotopic (exact) mass is 289 g/mol. The fraction of sp³-hybridized carbons (Fsp3) is 0.417. The number of aliphatic carboxylic acids is 1. The van der Waals surface area contributed by atoms with Gasteiger partial charge in [0.15, 0.2) is 0 Å². The summed E-state index contributed by atoms with van der Waals surface area (Å²) in [7, 11) is 0. The molecule has 0 bridgehead atoms. The van der Waals surface area contributed by atoms with E-state index in [1.165, 1.54) is 12.1 Å². The SMILES string of the molecule is O=C(O)[C@@H](c1ccc(F)cc1Cl)N1CCSCC1. The highest BCUT2D eigenvalue weighted by Crippen LogP contribution is 2.30. The number of carboxylic acid groups (broad SMARTS) is 1. The molecule has 1 fully saturated rings. The van der Waals surface area contributed by atoms with Crippen molar-refractivity contribution >= 4 is 29.3 Å². The third-order valence-corrected chi connectivity index (χ3v) is 4.17. The van der Waals surface area contributed by atoms with Crippen molar-refractivity contribution in [1.82, 2.24) is 4.90 Å². The largest absolute Gasteiger partial charge is 0.480 e. The van der Waals surface area contributed by atoms with Crippen molar-refractivity contribution in [3.8, 4) is 0 Å². The lowest BCUT2D eigenvalue weighted by Crippen LogP contribution is -2.39. The average molecular weight is 290 g/mol. The molecule has 1 saturated heterocycles. The maximum Gasteiger partial charge on any atom is 0.325 e. The molecule has 18 heavy (non-hydrogen) atoms. The molecule has 0 unspecified atom stereocenters. The number of thioether (sulfide) groups is 1. The first-order valence-corrected chi connectivity index (χ1v) is 7.12. The maximum atomic E-state index is 13.0. The molecular weight excluding hydrogens is 277 g/mol. The lowest BCUT2D eigenvalue weighted by atomic mass is 10.0. The maximum absolute atomic E-state index is 13.0. The zero-order valence-corrected chi connectivity index (χ0v) is 11.2. The Morgan fingerprint density at radius 2 is 2.11 bits per heavy atom. The highest BCUT2D eigenvalue weighted by atomic mass is 35.5. The van der Waals surface area contributed by atoms with Crippen LogP contribution in [0.1, 0.15) is 11.6 Å². The molecule has 1 N–H and O–H groups in total. The van der Waals surface area contributed by atoms with Crippen LogP contribution in [0.3, 0.4) is 0 Å². The van der Waals surface area contributed by atoms with Gasteiger partial charge in [-0.25, -0.2) is 4.39 Å². The average Bonchev–Trinajstić information content (AvgIpc) is 2.33. The van der Waals surface area contributed by atoms with Crippen LogP contribution in [0, 0.1) is 5.82 Å². The van der Waals surface area contributed by atoms with E-state index in [9.17, 15) is 14.3 Å². The molecule has 0 aliphatic carbocycles. The Bertz CT molecular complexity index is 452. The summed E-state index contributed by atoms with van der Waals surface area (Å²) in [6.45, 7) is 1.41. The number of carbonyl (C=O) groups is 1. The highest BCUT2D eigenvalue weighted by Gasteiger charge is 2.30. The van der Waals surface area contributed by atoms with E-state index < -0.39 is 17.8 Å². The molecule has 98 valence electrons. The van der Waals surface area contributed by atoms with Gasteiger partial charge < -0.3 is 5.11 Å². The van der Waals surface area contributed by atoms with Crippen LogP contribution in [0.15, 0.2) is 18.2 Å². The molecule has 0 spiro atoms. The van der Waals surface area contributed by atoms with Crippen LogP contribution in [-0.4, -0.2) is 40.6 Å². The summed E-state index contributed by atoms with van der Waals surface area (Å²) < 4.78 is 13.0. The molecule has 0 radical (unpaired) electrons. The van der Waals surface area contributed by atoms with Gasteiger partial charge >= 0.3 is 5.97 Å². The predicted octanol–water partition coefficient (Wildman–Crippen LogP) is 2.65. The van der Waals surface area contributed by atoms with E-state index in [2.05, 4.69) is 0 Å². The van der Waals surface area contributed by atoms with Crippen molar-refractivity contribution < 1.29 is 14.3 Å². The zero-order chi connectivity index (χ0) is 13.1. The van der Waals surface area contributed by atoms with Crippen molar-refractivity contribution in [3.05, 3.63) is 34.6 Å². The van der Waals surface area contributed by atoms with Gasteiger partial charge in [-0.15, -0.1) is 0 Å². The van der Waals surface area contributed by atoms with Crippen molar-refractivity contribution in [2.75, 3.05) is 24.6 Å². The minimum atomic E-state index is -0.949. The fourth-order valence-corrected chi connectivity index (χ4v) is 3.25. The van der Waals surface area contributed by atoms with Crippen LogP contribution in [-0.2, 0) is 4.79 Å². The topological polar surface area (TPSA) is 40.5 Å². The number of hydrogen-bond donors (Lipinski definition) is 1. The van der Waals surface area contributed by atoms with E-state index in [0.717, 1.165) is 17.6 Å². The Morgan fingerprint density at radius 3 is 2.67 bits per heavy atom. The summed E-state index contributed by atoms with van der Waals surface area (Å²) in [5.74, 6) is 0.406. The van der Waals surface area contributed by atoms with Crippen LogP contribution in [0.2, 0.25) is 5.02 Å². The van der Waals surface area contributed by atoms with Crippen molar-refractivity contribution in [1.29, 1.82) is 0 Å². The van der Waals surface area contributed by atoms with Crippen molar-refractivity contribution in [2.45, 2.75) is 6.04 Å². The van der Waals surface area contributed by atoms with Gasteiger partial charge in [-0.3, -0.25) is 9.69 Å². The van der Waals surface area contributed by atoms with E-state index in [1.807, 2.05) is 4.90 Å². The molecule has 6 heteroatoms. The van der Waals surface area contributed by atoms with E-state index >= 15 is 0 Å². The van der Waals surface area contributed by atoms with Crippen LogP contribution < -0.4 is 0 Å². The summed E-state index contributed by atoms with van der Waals surface area (Å²) in [5.41, 5.74) is 0.456. The molecule has 1 aliphatic rings. The smallest absolute Gasteiger partial charge is 0.325 e. The number of rotatable bonds is 3. The van der Waals surface area contributed by atoms with Crippen LogP contribution in [0.25, 0.3) is 0 Å². The summed E-state index contributed by atoms with van der Waals surface area (Å²) >= 11 is 7.75. The fourth-order valence-electron chi connectivity index (χ4n) is 2.04. The molecule has 3 nitrogen and oxygen atoms in total. The molecular formula is C12H13ClFNO2S. The van der Waals surface area contributed by atoms with Gasteiger partial charge in [-0.1, -0.05) is 17.7 Å². The first-order valence-electron chi connectivity index (χ1n) is 5.59. The normalized spacial score (nSPS) is 18.6. The molecule has 0 saturated carbocycles. The molecule has 0 amide bonds. The summed E-state index contributed by atoms with van der Waals surface area (Å²) in [5, 5.41) is 9.54. The van der Waals surface area contributed by atoms with Crippen molar-refractivity contribution in [2.24, 2.45) is 0 Å². The number of carboxylic acids is 1. The van der Waals surface area contributed by atoms with Crippen LogP contribution >= 0.6 is 23.4 Å². The molecule has 0 aromatic heterocycles. The van der Waals surface area contributed by atoms with E-state index in [-0.39, 0.29) is 5.02 Å². The van der Waals surface area contributed by atoms with Gasteiger partial charge in [-0.2, -0.15) is 11.8 Å². The number of hydrogen-bond acceptors (Lipinski definition) is 3. The molecule has 2 rings (SSSR count). The zero-order valence-electron chi connectivity index (χ0n) is 9.60. The highest BCUT2D eigenvalue weighted by molar-refractivity contribution is 7.99. The quantitative estimate of drug-likeness (QED) is 0.929. The van der Waals surface area contributed by atoms with Crippen LogP contribution in [0.4, 0.5) is 4.39 Å². The second-order valence-electron chi connectivity index (χ2n) is 4.05. The van der Waals surface area contributed by atoms with Gasteiger partial charge in [0.1, 0.15) is 11.9 Å². The number of benzene rings is 1. The summed E-state index contributed by atoms with van der Waals surface area (Å²) in [6, 6.07) is 3.07. The second kappa shape index (κ2) is 5.91. The van der Waals surface area contributed by atoms with Crippen molar-refractivity contribution in [3.63, 3.8) is 0 Å². The third kappa shape index (κ3) is 2.96. The standard InChI is InChI=1S/C12H13ClFNO2S/c13-10-7-8(14)1-2-9(10)11(12(16)17)15-3-5-18-6-4-15/h1-2,7,11H,3-6H2,(H,16,17)/t11-/m1/s1. The van der Waals surface area contributed by atoms with Gasteiger partial charge in [0.2, 0.25) is 0 Å². The Morgan fingerprint density at radius 1 is 1.44 bits per heavy atom. The first-order chi connectivity index (χ1) is 8.59. The Labute approximate surface area is 114 Å². The molecule has 1 aromatic carbocycles. The van der Waals surface area contributed by atoms with E-state index in [0.29, 0.717) is 18.7 Å². The lowest BCUT2D eigenvalue weighted by molar-refractivity contribution is -0.143. The molecule has 1 atom stereocenters. The van der Waals surface area contributed by atoms with E-state index in [1.54, 1.807) is 11.8 Å². The summed E-state index contributed by atoms with van der Waals surface area (Å²) in [4.78, 5) is 13.3. The minimum absolute atomic E-state index is 0.167. The number of halogens is 2. The van der Waals surface area contributed by atoms with Gasteiger partial charge in [0.25, 0.3) is 0 Å². The summed E-state index contributed by atoms with van der Waals surface area (Å²) in [6.07, 6.45) is 0. The van der Waals surface area contributed by atoms with Gasteiger partial charge in [0, 0.05) is 29.6 Å². The lowest BCUT2D eigenvalue weighted by Gasteiger charge is -2.32. The van der Waals surface area contributed by atoms with Gasteiger partial charge in [0.05, 0.1) is 0 Å². The number of nitrogens with zero attached hydrogens (tertiary/aromatic N) is 1. The van der Waals surface area contributed by atoms with Crippen LogP contribution in [0.5, 0.6) is 0 Å². The Balaban J connectivity index is 2.31. The van der Waals surface area contributed by atoms with E-state index in [4.69, 9.17) is 11.6 Å². The third-order valence-electron chi connectivity index (χ3n) is 2.90. The first kappa shape index (κ1) is 13.6. The Hall–Kier alpha value is -0.780. The minimum Gasteiger partial charge on any atom is -0.480 e. The molecule has 1 heterocycles. The molecule has 1 aliphatic heterocycles. The Kier molecular flexibility index (Phi) is 4.48. The molecule has 1 aromatic rings. The predicted molar refractivity (Wildman–Crippen MR) is 70.7 cm³/mol.